The van der Waals surface area contributed by atoms with E-state index in [1.165, 1.54) is 27.0 Å². The molecule has 0 fully saturated rings. The summed E-state index contributed by atoms with van der Waals surface area (Å²) in [6, 6.07) is 13.3. The van der Waals surface area contributed by atoms with Crippen molar-refractivity contribution in [3.63, 3.8) is 0 Å². The molecule has 1 heterocycles. The maximum absolute atomic E-state index is 2.27. The molecule has 0 N–H and O–H groups in total. The van der Waals surface area contributed by atoms with E-state index < -0.39 is 0 Å². The van der Waals surface area contributed by atoms with E-state index in [0.717, 1.165) is 11.5 Å². The first-order valence-corrected chi connectivity index (χ1v) is 7.41. The van der Waals surface area contributed by atoms with E-state index in [1.54, 1.807) is 0 Å². The minimum absolute atomic E-state index is 1.15. The van der Waals surface area contributed by atoms with Gasteiger partial charge in [0.1, 0.15) is 0 Å². The Balaban J connectivity index is 2.32. The Hall–Kier alpha value is -0.600. The molecule has 2 aromatic carbocycles. The summed E-state index contributed by atoms with van der Waals surface area (Å²) in [5.74, 6) is 2.31. The predicted octanol–water partition coefficient (Wildman–Crippen LogP) is 4.28. The van der Waals surface area contributed by atoms with Crippen molar-refractivity contribution in [1.82, 2.24) is 0 Å². The second-order valence-electron chi connectivity index (χ2n) is 3.75. The van der Waals surface area contributed by atoms with Crippen molar-refractivity contribution in [2.24, 2.45) is 0 Å². The fourth-order valence-electron chi connectivity index (χ4n) is 2.10. The third-order valence-electron chi connectivity index (χ3n) is 2.76. The van der Waals surface area contributed by atoms with Crippen LogP contribution in [-0.2, 0) is 11.5 Å². The van der Waals surface area contributed by atoms with Crippen LogP contribution in [0.3, 0.4) is 0 Å². The molecule has 1 aliphatic heterocycles. The van der Waals surface area contributed by atoms with Crippen LogP contribution in [0.1, 0.15) is 11.1 Å². The zero-order valence-electron chi connectivity index (χ0n) is 8.40. The number of hydrogen-bond donors (Lipinski definition) is 0. The van der Waals surface area contributed by atoms with E-state index in [0.29, 0.717) is 0 Å². The molecule has 1 aliphatic rings. The van der Waals surface area contributed by atoms with Gasteiger partial charge in [0.2, 0.25) is 0 Å². The summed E-state index contributed by atoms with van der Waals surface area (Å²) in [6.07, 6.45) is 0. The molecule has 0 saturated carbocycles. The lowest BCUT2D eigenvalue weighted by Gasteiger charge is -2.14. The average molecular weight is 232 g/mol. The molecule has 76 valence electrons. The highest BCUT2D eigenvalue weighted by Gasteiger charge is 2.09. The van der Waals surface area contributed by atoms with Crippen LogP contribution in [-0.4, -0.2) is 5.08 Å². The predicted molar refractivity (Wildman–Crippen MR) is 71.4 cm³/mol. The molecule has 0 amide bonds. The molecule has 2 heteroatoms. The van der Waals surface area contributed by atoms with Gasteiger partial charge in [-0.15, -0.1) is 23.5 Å². The number of rotatable bonds is 0. The lowest BCUT2D eigenvalue weighted by molar-refractivity contribution is 1.39. The second kappa shape index (κ2) is 4.11. The van der Waals surface area contributed by atoms with Crippen molar-refractivity contribution in [3.8, 4) is 0 Å². The second-order valence-corrected chi connectivity index (χ2v) is 6.08. The number of thioether (sulfide) groups is 2. The first kappa shape index (κ1) is 9.61. The van der Waals surface area contributed by atoms with Crippen LogP contribution in [0.2, 0.25) is 0 Å². The summed E-state index contributed by atoms with van der Waals surface area (Å²) in [5, 5.41) is 4.11. The highest BCUT2D eigenvalue weighted by molar-refractivity contribution is 8.15. The zero-order valence-corrected chi connectivity index (χ0v) is 10.0. The molecular weight excluding hydrogens is 220 g/mol. The van der Waals surface area contributed by atoms with E-state index in [9.17, 15) is 0 Å². The first-order valence-electron chi connectivity index (χ1n) is 5.10. The van der Waals surface area contributed by atoms with Crippen LogP contribution in [0.25, 0.3) is 10.8 Å². The van der Waals surface area contributed by atoms with Gasteiger partial charge in [-0.3, -0.25) is 0 Å². The van der Waals surface area contributed by atoms with Gasteiger partial charge < -0.3 is 0 Å². The first-order chi connectivity index (χ1) is 7.45. The van der Waals surface area contributed by atoms with E-state index in [4.69, 9.17) is 0 Å². The van der Waals surface area contributed by atoms with Crippen molar-refractivity contribution < 1.29 is 0 Å². The summed E-state index contributed by atoms with van der Waals surface area (Å²) in [5.41, 5.74) is 3.02. The van der Waals surface area contributed by atoms with Crippen molar-refractivity contribution in [1.29, 1.82) is 0 Å². The molecular formula is C13H12S2. The van der Waals surface area contributed by atoms with Gasteiger partial charge >= 0.3 is 0 Å². The van der Waals surface area contributed by atoms with Gasteiger partial charge in [0, 0.05) is 16.6 Å². The van der Waals surface area contributed by atoms with Gasteiger partial charge in [0.15, 0.2) is 0 Å². The highest BCUT2D eigenvalue weighted by Crippen LogP contribution is 2.32. The van der Waals surface area contributed by atoms with E-state index in [1.807, 2.05) is 23.5 Å². The van der Waals surface area contributed by atoms with Crippen LogP contribution in [0.4, 0.5) is 0 Å². The largest absolute Gasteiger partial charge is 0.146 e. The molecule has 0 spiro atoms. The maximum Gasteiger partial charge on any atom is 0.0398 e. The van der Waals surface area contributed by atoms with E-state index >= 15 is 0 Å². The summed E-state index contributed by atoms with van der Waals surface area (Å²) in [7, 11) is 0. The van der Waals surface area contributed by atoms with Crippen LogP contribution in [0.15, 0.2) is 36.4 Å². The Bertz CT molecular complexity index is 450. The van der Waals surface area contributed by atoms with Crippen molar-refractivity contribution in [3.05, 3.63) is 47.5 Å². The van der Waals surface area contributed by atoms with Crippen molar-refractivity contribution in [2.75, 3.05) is 5.08 Å². The third kappa shape index (κ3) is 1.77. The number of hydrogen-bond acceptors (Lipinski definition) is 2. The smallest absolute Gasteiger partial charge is 0.0398 e. The summed E-state index contributed by atoms with van der Waals surface area (Å²) < 4.78 is 0. The van der Waals surface area contributed by atoms with Crippen LogP contribution < -0.4 is 0 Å². The van der Waals surface area contributed by atoms with Gasteiger partial charge in [-0.2, -0.15) is 0 Å². The lowest BCUT2D eigenvalue weighted by atomic mass is 10.0. The fraction of sp³-hybridized carbons (Fsp3) is 0.231. The van der Waals surface area contributed by atoms with Crippen LogP contribution >= 0.6 is 23.5 Å². The average Bonchev–Trinajstić information content (AvgIpc) is 2.25. The van der Waals surface area contributed by atoms with Crippen LogP contribution in [0, 0.1) is 0 Å². The monoisotopic (exact) mass is 232 g/mol. The Morgan fingerprint density at radius 2 is 1.40 bits per heavy atom. The summed E-state index contributed by atoms with van der Waals surface area (Å²) >= 11 is 4.06. The SMILES string of the molecule is c1cc2c3c(cccc3c1)CSCSC2. The molecule has 0 atom stereocenters. The molecule has 0 bridgehead atoms. The number of benzene rings is 2. The fourth-order valence-corrected chi connectivity index (χ4v) is 4.16. The Labute approximate surface area is 98.4 Å². The molecule has 0 radical (unpaired) electrons. The topological polar surface area (TPSA) is 0 Å². The quantitative estimate of drug-likeness (QED) is 0.665. The van der Waals surface area contributed by atoms with Crippen molar-refractivity contribution in [2.45, 2.75) is 11.5 Å². The summed E-state index contributed by atoms with van der Waals surface area (Å²) in [4.78, 5) is 0. The van der Waals surface area contributed by atoms with Gasteiger partial charge in [-0.1, -0.05) is 36.4 Å². The lowest BCUT2D eigenvalue weighted by Crippen LogP contribution is -1.93. The Morgan fingerprint density at radius 1 is 0.800 bits per heavy atom. The molecule has 0 saturated heterocycles. The Morgan fingerprint density at radius 3 is 2.00 bits per heavy atom. The maximum atomic E-state index is 2.27. The zero-order chi connectivity index (χ0) is 10.1. The molecule has 0 unspecified atom stereocenters. The molecule has 0 aliphatic carbocycles. The molecule has 0 aromatic heterocycles. The van der Waals surface area contributed by atoms with Gasteiger partial charge in [-0.25, -0.2) is 0 Å². The minimum Gasteiger partial charge on any atom is -0.146 e. The highest BCUT2D eigenvalue weighted by atomic mass is 32.2. The molecule has 0 nitrogen and oxygen atoms in total. The normalized spacial score (nSPS) is 16.0. The minimum atomic E-state index is 1.15. The van der Waals surface area contributed by atoms with Gasteiger partial charge in [0.25, 0.3) is 0 Å². The molecule has 15 heavy (non-hydrogen) atoms. The van der Waals surface area contributed by atoms with E-state index in [-0.39, 0.29) is 0 Å². The third-order valence-corrected chi connectivity index (χ3v) is 5.12. The van der Waals surface area contributed by atoms with Crippen molar-refractivity contribution >= 4 is 34.3 Å². The van der Waals surface area contributed by atoms with Gasteiger partial charge in [0.05, 0.1) is 0 Å². The van der Waals surface area contributed by atoms with Crippen LogP contribution in [0.5, 0.6) is 0 Å². The van der Waals surface area contributed by atoms with Gasteiger partial charge in [-0.05, 0) is 21.9 Å². The molecule has 3 rings (SSSR count). The van der Waals surface area contributed by atoms with E-state index in [2.05, 4.69) is 36.4 Å². The Kier molecular flexibility index (Phi) is 2.63. The summed E-state index contributed by atoms with van der Waals surface area (Å²) in [6.45, 7) is 0. The standard InChI is InChI=1S/C13H12S2/c1-3-10-4-2-6-12-8-15-9-14-7-11(5-1)13(10)12/h1-6H,7-9H2. The molecule has 2 aromatic rings.